The van der Waals surface area contributed by atoms with E-state index in [2.05, 4.69) is 4.98 Å². The molecule has 0 fully saturated rings. The van der Waals surface area contributed by atoms with Crippen molar-refractivity contribution in [3.05, 3.63) is 74.4 Å². The van der Waals surface area contributed by atoms with Crippen LogP contribution >= 0.6 is 22.9 Å². The average Bonchev–Trinajstić information content (AvgIpc) is 3.28. The number of aryl methyl sites for hydroxylation is 2. The molecule has 0 radical (unpaired) electrons. The highest BCUT2D eigenvalue weighted by Gasteiger charge is 2.29. The van der Waals surface area contributed by atoms with Crippen molar-refractivity contribution in [1.29, 1.82) is 0 Å². The summed E-state index contributed by atoms with van der Waals surface area (Å²) in [6.07, 6.45) is 0. The van der Waals surface area contributed by atoms with Crippen LogP contribution in [0.25, 0.3) is 0 Å². The van der Waals surface area contributed by atoms with Crippen LogP contribution in [0.15, 0.2) is 40.6 Å². The summed E-state index contributed by atoms with van der Waals surface area (Å²) in [5.74, 6) is -0.452. The van der Waals surface area contributed by atoms with Gasteiger partial charge in [0.15, 0.2) is 0 Å². The third-order valence-corrected chi connectivity index (χ3v) is 8.52. The fourth-order valence-electron chi connectivity index (χ4n) is 3.30. The summed E-state index contributed by atoms with van der Waals surface area (Å²) >= 11 is 7.03. The van der Waals surface area contributed by atoms with Gasteiger partial charge in [0.2, 0.25) is 0 Å². The average molecular weight is 481 g/mol. The van der Waals surface area contributed by atoms with E-state index in [-0.39, 0.29) is 23.9 Å². The lowest BCUT2D eigenvalue weighted by atomic mass is 10.1. The zero-order chi connectivity index (χ0) is 22.8. The van der Waals surface area contributed by atoms with Crippen LogP contribution in [0.3, 0.4) is 0 Å². The number of carbonyl (C=O) groups excluding carboxylic acids is 1. The topological polar surface area (TPSA) is 79.5 Å². The van der Waals surface area contributed by atoms with E-state index >= 15 is 0 Å². The summed E-state index contributed by atoms with van der Waals surface area (Å²) < 4.78 is 34.0. The monoisotopic (exact) mass is 480 g/mol. The molecule has 0 amide bonds. The number of ether oxygens (including phenoxy) is 1. The van der Waals surface area contributed by atoms with Crippen molar-refractivity contribution in [2.24, 2.45) is 0 Å². The van der Waals surface area contributed by atoms with Crippen LogP contribution in [0.4, 0.5) is 0 Å². The van der Waals surface area contributed by atoms with E-state index < -0.39 is 16.0 Å². The second kappa shape index (κ2) is 9.56. The molecule has 0 aliphatic carbocycles. The van der Waals surface area contributed by atoms with Crippen LogP contribution in [0.1, 0.15) is 45.4 Å². The van der Waals surface area contributed by atoms with Crippen LogP contribution < -0.4 is 0 Å². The van der Waals surface area contributed by atoms with Gasteiger partial charge in [-0.25, -0.2) is 13.2 Å². The first-order valence-corrected chi connectivity index (χ1v) is 12.4. The number of thiophene rings is 1. The summed E-state index contributed by atoms with van der Waals surface area (Å²) in [6, 6.07) is 10.8. The van der Waals surface area contributed by atoms with E-state index in [1.165, 1.54) is 10.4 Å². The van der Waals surface area contributed by atoms with Crippen molar-refractivity contribution in [3.63, 3.8) is 0 Å². The van der Waals surface area contributed by atoms with Gasteiger partial charge in [0.25, 0.3) is 10.0 Å². The number of nitrogens with zero attached hydrogens (tertiary/aromatic N) is 1. The highest BCUT2D eigenvalue weighted by Crippen LogP contribution is 2.31. The van der Waals surface area contributed by atoms with Gasteiger partial charge in [-0.05, 0) is 56.5 Å². The Bertz CT molecular complexity index is 1180. The maximum atomic E-state index is 13.5. The second-order valence-electron chi connectivity index (χ2n) is 7.27. The zero-order valence-electron chi connectivity index (χ0n) is 17.9. The normalized spacial score (nSPS) is 11.8. The molecule has 0 unspecified atom stereocenters. The van der Waals surface area contributed by atoms with Gasteiger partial charge in [0.05, 0.1) is 10.9 Å². The summed E-state index contributed by atoms with van der Waals surface area (Å²) in [5, 5.41) is 0. The molecule has 0 atom stereocenters. The van der Waals surface area contributed by atoms with Gasteiger partial charge >= 0.3 is 5.97 Å². The van der Waals surface area contributed by atoms with Crippen LogP contribution in [-0.2, 0) is 27.8 Å². The molecule has 0 saturated heterocycles. The fraction of sp³-hybridized carbons (Fsp3) is 0.318. The molecule has 9 heteroatoms. The molecule has 2 aromatic heterocycles. The van der Waals surface area contributed by atoms with Gasteiger partial charge in [-0.1, -0.05) is 41.4 Å². The van der Waals surface area contributed by atoms with Gasteiger partial charge in [-0.15, -0.1) is 11.3 Å². The SMILES string of the molecule is CCOC(=O)c1[nH]c(C)c(CN(Cc2ccc(C)cc2)S(=O)(=O)c2ccc(Cl)s2)c1C. The van der Waals surface area contributed by atoms with Crippen molar-refractivity contribution >= 4 is 38.9 Å². The number of H-pyrrole nitrogens is 1. The predicted octanol–water partition coefficient (Wildman–Crippen LogP) is 5.22. The van der Waals surface area contributed by atoms with Gasteiger partial charge in [0.1, 0.15) is 9.90 Å². The first kappa shape index (κ1) is 23.5. The van der Waals surface area contributed by atoms with E-state index in [0.717, 1.165) is 33.7 Å². The number of hydrogen-bond acceptors (Lipinski definition) is 5. The lowest BCUT2D eigenvalue weighted by molar-refractivity contribution is 0.0519. The zero-order valence-corrected chi connectivity index (χ0v) is 20.2. The molecule has 0 saturated carbocycles. The number of halogens is 1. The Morgan fingerprint density at radius 2 is 1.77 bits per heavy atom. The van der Waals surface area contributed by atoms with Crippen molar-refractivity contribution in [3.8, 4) is 0 Å². The van der Waals surface area contributed by atoms with Crippen LogP contribution in [0.2, 0.25) is 4.34 Å². The molecule has 166 valence electrons. The van der Waals surface area contributed by atoms with E-state index in [0.29, 0.717) is 15.6 Å². The molecule has 3 aromatic rings. The molecule has 1 aromatic carbocycles. The number of sulfonamides is 1. The summed E-state index contributed by atoms with van der Waals surface area (Å²) in [7, 11) is -3.80. The summed E-state index contributed by atoms with van der Waals surface area (Å²) in [6.45, 7) is 7.91. The Kier molecular flexibility index (Phi) is 7.26. The Hall–Kier alpha value is -2.13. The lowest BCUT2D eigenvalue weighted by Gasteiger charge is -2.22. The molecule has 0 bridgehead atoms. The second-order valence-corrected chi connectivity index (χ2v) is 11.1. The van der Waals surface area contributed by atoms with E-state index in [1.54, 1.807) is 19.9 Å². The fourth-order valence-corrected chi connectivity index (χ4v) is 6.33. The molecule has 6 nitrogen and oxygen atoms in total. The van der Waals surface area contributed by atoms with Crippen molar-refractivity contribution < 1.29 is 17.9 Å². The van der Waals surface area contributed by atoms with Crippen LogP contribution in [0.5, 0.6) is 0 Å². The molecule has 0 spiro atoms. The van der Waals surface area contributed by atoms with Gasteiger partial charge in [-0.2, -0.15) is 4.31 Å². The standard InChI is InChI=1S/C22H25ClN2O4S2/c1-5-29-22(26)21-15(3)18(16(4)24-21)13-25(12-17-8-6-14(2)7-9-17)31(27,28)20-11-10-19(23)30-20/h6-11,24H,5,12-13H2,1-4H3. The molecule has 3 rings (SSSR count). The largest absolute Gasteiger partial charge is 0.461 e. The van der Waals surface area contributed by atoms with Crippen molar-refractivity contribution in [1.82, 2.24) is 9.29 Å². The minimum absolute atomic E-state index is 0.110. The number of benzene rings is 1. The summed E-state index contributed by atoms with van der Waals surface area (Å²) in [4.78, 5) is 15.3. The summed E-state index contributed by atoms with van der Waals surface area (Å²) in [5.41, 5.74) is 4.48. The molecule has 2 heterocycles. The quantitative estimate of drug-likeness (QED) is 0.448. The maximum Gasteiger partial charge on any atom is 0.355 e. The Labute approximate surface area is 191 Å². The molecular formula is C22H25ClN2O4S2. The highest BCUT2D eigenvalue weighted by atomic mass is 35.5. The Morgan fingerprint density at radius 3 is 2.35 bits per heavy atom. The molecule has 1 N–H and O–H groups in total. The van der Waals surface area contributed by atoms with E-state index in [9.17, 15) is 13.2 Å². The van der Waals surface area contributed by atoms with E-state index in [1.807, 2.05) is 38.1 Å². The maximum absolute atomic E-state index is 13.5. The van der Waals surface area contributed by atoms with E-state index in [4.69, 9.17) is 16.3 Å². The lowest BCUT2D eigenvalue weighted by Crippen LogP contribution is -2.30. The smallest absolute Gasteiger partial charge is 0.355 e. The minimum atomic E-state index is -3.80. The van der Waals surface area contributed by atoms with Gasteiger partial charge in [-0.3, -0.25) is 0 Å². The first-order valence-electron chi connectivity index (χ1n) is 9.79. The number of nitrogens with one attached hydrogen (secondary N) is 1. The van der Waals surface area contributed by atoms with Gasteiger partial charge in [0, 0.05) is 18.8 Å². The number of rotatable bonds is 8. The number of aromatic nitrogens is 1. The number of aromatic amines is 1. The highest BCUT2D eigenvalue weighted by molar-refractivity contribution is 7.91. The third-order valence-electron chi connectivity index (χ3n) is 5.03. The van der Waals surface area contributed by atoms with Crippen LogP contribution in [0, 0.1) is 20.8 Å². The molecule has 0 aliphatic rings. The molecule has 0 aliphatic heterocycles. The Balaban J connectivity index is 2.01. The minimum Gasteiger partial charge on any atom is -0.461 e. The molecule has 31 heavy (non-hydrogen) atoms. The predicted molar refractivity (Wildman–Crippen MR) is 123 cm³/mol. The van der Waals surface area contributed by atoms with Crippen molar-refractivity contribution in [2.75, 3.05) is 6.61 Å². The third kappa shape index (κ3) is 5.20. The van der Waals surface area contributed by atoms with Gasteiger partial charge < -0.3 is 9.72 Å². The Morgan fingerprint density at radius 1 is 1.10 bits per heavy atom. The number of hydrogen-bond donors (Lipinski definition) is 1. The molecular weight excluding hydrogens is 456 g/mol. The van der Waals surface area contributed by atoms with Crippen molar-refractivity contribution in [2.45, 2.75) is 45.0 Å². The van der Waals surface area contributed by atoms with Crippen LogP contribution in [-0.4, -0.2) is 30.3 Å². The number of esters is 1. The number of carbonyl (C=O) groups is 1. The first-order chi connectivity index (χ1) is 14.6.